The predicted molar refractivity (Wildman–Crippen MR) is 69.1 cm³/mol. The van der Waals surface area contributed by atoms with Crippen molar-refractivity contribution in [3.8, 4) is 0 Å². The van der Waals surface area contributed by atoms with Gasteiger partial charge in [-0.05, 0) is 37.1 Å². The number of nitrogens with zero attached hydrogens (tertiary/aromatic N) is 1. The van der Waals surface area contributed by atoms with Crippen molar-refractivity contribution >= 4 is 11.7 Å². The smallest absolute Gasteiger partial charge is 0.412 e. The normalized spacial score (nSPS) is 16.0. The van der Waals surface area contributed by atoms with Crippen LogP contribution in [0.4, 0.5) is 18.9 Å². The summed E-state index contributed by atoms with van der Waals surface area (Å²) in [6.07, 6.45) is -3.12. The fourth-order valence-corrected chi connectivity index (χ4v) is 2.25. The molecule has 0 bridgehead atoms. The van der Waals surface area contributed by atoms with Gasteiger partial charge < -0.3 is 10.0 Å². The zero-order chi connectivity index (χ0) is 14.9. The fourth-order valence-electron chi connectivity index (χ4n) is 2.25. The highest BCUT2D eigenvalue weighted by atomic mass is 19.4. The molecule has 0 saturated carbocycles. The first kappa shape index (κ1) is 14.4. The number of hydrogen-bond acceptors (Lipinski definition) is 2. The zero-order valence-corrected chi connectivity index (χ0v) is 10.9. The van der Waals surface area contributed by atoms with E-state index in [1.165, 1.54) is 12.1 Å². The number of carbonyl (C=O) groups is 1. The first-order valence-corrected chi connectivity index (χ1v) is 6.14. The van der Waals surface area contributed by atoms with Gasteiger partial charge in [-0.15, -0.1) is 0 Å². The number of halogens is 3. The molecule has 108 valence electrons. The molecule has 0 unspecified atom stereocenters. The van der Waals surface area contributed by atoms with Crippen LogP contribution in [0.1, 0.15) is 22.3 Å². The maximum absolute atomic E-state index is 12.5. The van der Waals surface area contributed by atoms with Crippen LogP contribution in [0.15, 0.2) is 29.8 Å². The van der Waals surface area contributed by atoms with Gasteiger partial charge in [-0.1, -0.05) is 6.08 Å². The Balaban J connectivity index is 2.17. The Bertz CT molecular complexity index is 564. The number of hydrogen-bond donors (Lipinski definition) is 1. The number of carboxylic acids is 1. The van der Waals surface area contributed by atoms with Crippen molar-refractivity contribution in [2.75, 3.05) is 18.0 Å². The third kappa shape index (κ3) is 2.95. The van der Waals surface area contributed by atoms with Crippen LogP contribution >= 0.6 is 0 Å². The molecule has 1 aromatic rings. The van der Waals surface area contributed by atoms with Gasteiger partial charge in [0.15, 0.2) is 0 Å². The summed E-state index contributed by atoms with van der Waals surface area (Å²) in [5.74, 6) is -1.01. The molecule has 1 N–H and O–H groups in total. The van der Waals surface area contributed by atoms with Gasteiger partial charge in [0.05, 0.1) is 5.56 Å². The van der Waals surface area contributed by atoms with Gasteiger partial charge in [0, 0.05) is 24.4 Å². The van der Waals surface area contributed by atoms with E-state index in [9.17, 15) is 18.0 Å². The molecule has 1 aliphatic rings. The third-order valence-corrected chi connectivity index (χ3v) is 3.38. The van der Waals surface area contributed by atoms with E-state index in [0.29, 0.717) is 5.56 Å². The van der Waals surface area contributed by atoms with Crippen LogP contribution in [0.2, 0.25) is 0 Å². The second-order valence-corrected chi connectivity index (χ2v) is 4.73. The molecule has 0 radical (unpaired) electrons. The largest absolute Gasteiger partial charge is 0.478 e. The SMILES string of the molecule is Cc1cc(N2CC=C(C(F)(F)F)CC2)ccc1C(=O)O. The van der Waals surface area contributed by atoms with E-state index in [1.807, 2.05) is 0 Å². The molecular weight excluding hydrogens is 271 g/mol. The highest BCUT2D eigenvalue weighted by Crippen LogP contribution is 2.31. The summed E-state index contributed by atoms with van der Waals surface area (Å²) >= 11 is 0. The molecule has 3 nitrogen and oxygen atoms in total. The first-order chi connectivity index (χ1) is 9.29. The molecule has 0 saturated heterocycles. The molecule has 0 fully saturated rings. The number of rotatable bonds is 2. The summed E-state index contributed by atoms with van der Waals surface area (Å²) in [6.45, 7) is 2.13. The Hall–Kier alpha value is -1.98. The van der Waals surface area contributed by atoms with E-state index >= 15 is 0 Å². The minimum absolute atomic E-state index is 0.0524. The summed E-state index contributed by atoms with van der Waals surface area (Å²) in [5.41, 5.74) is 1.05. The summed E-state index contributed by atoms with van der Waals surface area (Å²) < 4.78 is 37.6. The van der Waals surface area contributed by atoms with Crippen molar-refractivity contribution in [3.05, 3.63) is 41.0 Å². The number of alkyl halides is 3. The van der Waals surface area contributed by atoms with Crippen LogP contribution in [-0.4, -0.2) is 30.3 Å². The molecule has 0 atom stereocenters. The quantitative estimate of drug-likeness (QED) is 0.847. The summed E-state index contributed by atoms with van der Waals surface area (Å²) in [4.78, 5) is 12.7. The molecule has 1 heterocycles. The third-order valence-electron chi connectivity index (χ3n) is 3.38. The van der Waals surface area contributed by atoms with Crippen molar-refractivity contribution in [2.45, 2.75) is 19.5 Å². The lowest BCUT2D eigenvalue weighted by Gasteiger charge is -2.29. The lowest BCUT2D eigenvalue weighted by Crippen LogP contribution is -2.31. The van der Waals surface area contributed by atoms with Gasteiger partial charge in [0.25, 0.3) is 0 Å². The van der Waals surface area contributed by atoms with Gasteiger partial charge in [-0.2, -0.15) is 13.2 Å². The van der Waals surface area contributed by atoms with Crippen molar-refractivity contribution in [1.82, 2.24) is 0 Å². The molecule has 1 aromatic carbocycles. The lowest BCUT2D eigenvalue weighted by atomic mass is 10.0. The minimum atomic E-state index is -4.25. The van der Waals surface area contributed by atoms with Crippen LogP contribution in [0.5, 0.6) is 0 Å². The lowest BCUT2D eigenvalue weighted by molar-refractivity contribution is -0.0944. The van der Waals surface area contributed by atoms with Crippen molar-refractivity contribution in [2.24, 2.45) is 0 Å². The Kier molecular flexibility index (Phi) is 3.74. The van der Waals surface area contributed by atoms with E-state index in [1.54, 1.807) is 24.0 Å². The van der Waals surface area contributed by atoms with E-state index in [-0.39, 0.29) is 25.1 Å². The van der Waals surface area contributed by atoms with E-state index in [4.69, 9.17) is 5.11 Å². The van der Waals surface area contributed by atoms with E-state index in [2.05, 4.69) is 0 Å². The number of aryl methyl sites for hydroxylation is 1. The fraction of sp³-hybridized carbons (Fsp3) is 0.357. The van der Waals surface area contributed by atoms with Crippen molar-refractivity contribution < 1.29 is 23.1 Å². The number of carboxylic acid groups (broad SMARTS) is 1. The molecular formula is C14H14F3NO2. The van der Waals surface area contributed by atoms with E-state index in [0.717, 1.165) is 5.69 Å². The molecule has 1 aliphatic heterocycles. The molecule has 20 heavy (non-hydrogen) atoms. The summed E-state index contributed by atoms with van der Waals surface area (Å²) in [6, 6.07) is 4.80. The van der Waals surface area contributed by atoms with Gasteiger partial charge in [-0.3, -0.25) is 0 Å². The van der Waals surface area contributed by atoms with E-state index < -0.39 is 17.7 Å². The highest BCUT2D eigenvalue weighted by Gasteiger charge is 2.34. The summed E-state index contributed by atoms with van der Waals surface area (Å²) in [5, 5.41) is 8.94. The second-order valence-electron chi connectivity index (χ2n) is 4.73. The van der Waals surface area contributed by atoms with Gasteiger partial charge >= 0.3 is 12.1 Å². The van der Waals surface area contributed by atoms with Gasteiger partial charge in [0.2, 0.25) is 0 Å². The van der Waals surface area contributed by atoms with Gasteiger partial charge in [-0.25, -0.2) is 4.79 Å². The molecule has 6 heteroatoms. The number of aromatic carboxylic acids is 1. The summed E-state index contributed by atoms with van der Waals surface area (Å²) in [7, 11) is 0. The Morgan fingerprint density at radius 1 is 1.35 bits per heavy atom. The second kappa shape index (κ2) is 5.19. The molecule has 0 spiro atoms. The predicted octanol–water partition coefficient (Wildman–Crippen LogP) is 3.39. The van der Waals surface area contributed by atoms with Crippen LogP contribution in [-0.2, 0) is 0 Å². The first-order valence-electron chi connectivity index (χ1n) is 6.14. The van der Waals surface area contributed by atoms with Crippen molar-refractivity contribution in [3.63, 3.8) is 0 Å². The topological polar surface area (TPSA) is 40.5 Å². The Morgan fingerprint density at radius 2 is 2.05 bits per heavy atom. The number of benzene rings is 1. The van der Waals surface area contributed by atoms with Crippen LogP contribution in [0.25, 0.3) is 0 Å². The maximum atomic E-state index is 12.5. The molecule has 0 amide bonds. The zero-order valence-electron chi connectivity index (χ0n) is 10.9. The van der Waals surface area contributed by atoms with Crippen molar-refractivity contribution in [1.29, 1.82) is 0 Å². The van der Waals surface area contributed by atoms with Crippen LogP contribution in [0, 0.1) is 6.92 Å². The Labute approximate surface area is 114 Å². The van der Waals surface area contributed by atoms with Crippen LogP contribution < -0.4 is 4.90 Å². The molecule has 2 rings (SSSR count). The van der Waals surface area contributed by atoms with Gasteiger partial charge in [0.1, 0.15) is 0 Å². The molecule has 0 aliphatic carbocycles. The monoisotopic (exact) mass is 285 g/mol. The standard InChI is InChI=1S/C14H14F3NO2/c1-9-8-11(2-3-12(9)13(19)20)18-6-4-10(5-7-18)14(15,16)17/h2-4,8H,5-7H2,1H3,(H,19,20). The average Bonchev–Trinajstić information content (AvgIpc) is 2.37. The maximum Gasteiger partial charge on any atom is 0.412 e. The highest BCUT2D eigenvalue weighted by molar-refractivity contribution is 5.89. The minimum Gasteiger partial charge on any atom is -0.478 e. The molecule has 0 aromatic heterocycles. The Morgan fingerprint density at radius 3 is 2.50 bits per heavy atom. The number of anilines is 1. The average molecular weight is 285 g/mol. The van der Waals surface area contributed by atoms with Crippen LogP contribution in [0.3, 0.4) is 0 Å².